The van der Waals surface area contributed by atoms with Gasteiger partial charge < -0.3 is 9.47 Å². The normalized spacial score (nSPS) is 10.9. The molecule has 0 aliphatic carbocycles. The van der Waals surface area contributed by atoms with Crippen molar-refractivity contribution in [2.75, 3.05) is 13.2 Å². The first-order valence-electron chi connectivity index (χ1n) is 4.77. The van der Waals surface area contributed by atoms with Crippen molar-refractivity contribution in [2.24, 2.45) is 0 Å². The average molecular weight is 215 g/mol. The van der Waals surface area contributed by atoms with E-state index in [0.29, 0.717) is 18.2 Å². The van der Waals surface area contributed by atoms with Gasteiger partial charge in [-0.05, 0) is 19.9 Å². The van der Waals surface area contributed by atoms with Gasteiger partial charge in [-0.15, -0.1) is 0 Å². The van der Waals surface area contributed by atoms with Gasteiger partial charge in [-0.2, -0.15) is 0 Å². The molecular formula is C11H15ClO2. The fraction of sp³-hybridized carbons (Fsp3) is 0.455. The third-order valence-electron chi connectivity index (χ3n) is 1.80. The Labute approximate surface area is 89.8 Å². The van der Waals surface area contributed by atoms with E-state index in [-0.39, 0.29) is 6.29 Å². The Morgan fingerprint density at radius 1 is 1.14 bits per heavy atom. The molecule has 0 aromatic heterocycles. The first-order valence-corrected chi connectivity index (χ1v) is 5.15. The highest BCUT2D eigenvalue weighted by Gasteiger charge is 2.13. The molecule has 0 aliphatic heterocycles. The molecule has 0 aliphatic rings. The summed E-state index contributed by atoms with van der Waals surface area (Å²) in [5.41, 5.74) is 0.887. The van der Waals surface area contributed by atoms with Crippen LogP contribution in [0.4, 0.5) is 0 Å². The van der Waals surface area contributed by atoms with E-state index < -0.39 is 0 Å². The molecule has 0 amide bonds. The lowest BCUT2D eigenvalue weighted by Crippen LogP contribution is -2.09. The lowest BCUT2D eigenvalue weighted by atomic mass is 10.2. The number of rotatable bonds is 5. The van der Waals surface area contributed by atoms with Gasteiger partial charge in [-0.1, -0.05) is 29.8 Å². The van der Waals surface area contributed by atoms with E-state index in [1.807, 2.05) is 38.1 Å². The SMILES string of the molecule is CCOC(OCC)c1ccccc1Cl. The maximum Gasteiger partial charge on any atom is 0.185 e. The third kappa shape index (κ3) is 2.98. The Morgan fingerprint density at radius 3 is 2.21 bits per heavy atom. The van der Waals surface area contributed by atoms with Crippen LogP contribution < -0.4 is 0 Å². The first kappa shape index (κ1) is 11.5. The summed E-state index contributed by atoms with van der Waals surface area (Å²) >= 11 is 6.03. The van der Waals surface area contributed by atoms with Gasteiger partial charge in [0.05, 0.1) is 0 Å². The topological polar surface area (TPSA) is 18.5 Å². The molecule has 0 fully saturated rings. The number of hydrogen-bond donors (Lipinski definition) is 0. The van der Waals surface area contributed by atoms with Crippen LogP contribution >= 0.6 is 11.6 Å². The zero-order chi connectivity index (χ0) is 10.4. The van der Waals surface area contributed by atoms with Gasteiger partial charge >= 0.3 is 0 Å². The van der Waals surface area contributed by atoms with Gasteiger partial charge in [0.1, 0.15) is 0 Å². The summed E-state index contributed by atoms with van der Waals surface area (Å²) in [4.78, 5) is 0. The molecule has 0 saturated heterocycles. The molecule has 0 saturated carbocycles. The summed E-state index contributed by atoms with van der Waals surface area (Å²) in [5, 5.41) is 0.680. The highest BCUT2D eigenvalue weighted by molar-refractivity contribution is 6.31. The molecule has 1 aromatic carbocycles. The molecule has 0 bridgehead atoms. The lowest BCUT2D eigenvalue weighted by Gasteiger charge is -2.18. The van der Waals surface area contributed by atoms with Crippen molar-refractivity contribution < 1.29 is 9.47 Å². The van der Waals surface area contributed by atoms with Gasteiger partial charge in [-0.3, -0.25) is 0 Å². The zero-order valence-corrected chi connectivity index (χ0v) is 9.25. The van der Waals surface area contributed by atoms with E-state index in [0.717, 1.165) is 5.56 Å². The zero-order valence-electron chi connectivity index (χ0n) is 8.50. The van der Waals surface area contributed by atoms with Crippen molar-refractivity contribution in [3.63, 3.8) is 0 Å². The second-order valence-electron chi connectivity index (χ2n) is 2.76. The fourth-order valence-corrected chi connectivity index (χ4v) is 1.42. The van der Waals surface area contributed by atoms with E-state index in [1.54, 1.807) is 0 Å². The lowest BCUT2D eigenvalue weighted by molar-refractivity contribution is -0.140. The van der Waals surface area contributed by atoms with Crippen molar-refractivity contribution >= 4 is 11.6 Å². The van der Waals surface area contributed by atoms with Crippen molar-refractivity contribution in [1.82, 2.24) is 0 Å². The smallest absolute Gasteiger partial charge is 0.185 e. The summed E-state index contributed by atoms with van der Waals surface area (Å²) in [6.07, 6.45) is -0.348. The molecule has 1 rings (SSSR count). The largest absolute Gasteiger partial charge is 0.349 e. The van der Waals surface area contributed by atoms with E-state index in [1.165, 1.54) is 0 Å². The molecule has 0 spiro atoms. The second kappa shape index (κ2) is 6.02. The second-order valence-corrected chi connectivity index (χ2v) is 3.17. The molecule has 14 heavy (non-hydrogen) atoms. The minimum Gasteiger partial charge on any atom is -0.349 e. The predicted molar refractivity (Wildman–Crippen MR) is 57.4 cm³/mol. The van der Waals surface area contributed by atoms with Crippen LogP contribution in [0.2, 0.25) is 5.02 Å². The number of halogens is 1. The predicted octanol–water partition coefficient (Wildman–Crippen LogP) is 3.41. The summed E-state index contributed by atoms with van der Waals surface area (Å²) in [7, 11) is 0. The van der Waals surface area contributed by atoms with Crippen LogP contribution in [0.15, 0.2) is 24.3 Å². The molecule has 78 valence electrons. The number of hydrogen-bond acceptors (Lipinski definition) is 2. The average Bonchev–Trinajstić information content (AvgIpc) is 2.18. The van der Waals surface area contributed by atoms with Crippen LogP contribution in [0, 0.1) is 0 Å². The Balaban J connectivity index is 2.81. The summed E-state index contributed by atoms with van der Waals surface area (Å²) in [5.74, 6) is 0. The molecule has 0 atom stereocenters. The van der Waals surface area contributed by atoms with Crippen LogP contribution in [-0.4, -0.2) is 13.2 Å². The molecule has 0 N–H and O–H groups in total. The molecular weight excluding hydrogens is 200 g/mol. The van der Waals surface area contributed by atoms with E-state index in [4.69, 9.17) is 21.1 Å². The monoisotopic (exact) mass is 214 g/mol. The Morgan fingerprint density at radius 2 is 1.71 bits per heavy atom. The number of ether oxygens (including phenoxy) is 2. The maximum atomic E-state index is 6.03. The quantitative estimate of drug-likeness (QED) is 0.700. The van der Waals surface area contributed by atoms with E-state index in [9.17, 15) is 0 Å². The molecule has 0 heterocycles. The minimum atomic E-state index is -0.348. The van der Waals surface area contributed by atoms with Crippen LogP contribution in [0.25, 0.3) is 0 Å². The van der Waals surface area contributed by atoms with Gasteiger partial charge in [0.25, 0.3) is 0 Å². The van der Waals surface area contributed by atoms with Gasteiger partial charge in [0.2, 0.25) is 0 Å². The third-order valence-corrected chi connectivity index (χ3v) is 2.14. The Kier molecular flexibility index (Phi) is 4.94. The maximum absolute atomic E-state index is 6.03. The van der Waals surface area contributed by atoms with Gasteiger partial charge in [0.15, 0.2) is 6.29 Å². The number of benzene rings is 1. The molecule has 3 heteroatoms. The van der Waals surface area contributed by atoms with E-state index >= 15 is 0 Å². The summed E-state index contributed by atoms with van der Waals surface area (Å²) in [6.45, 7) is 5.08. The molecule has 1 aromatic rings. The highest BCUT2D eigenvalue weighted by Crippen LogP contribution is 2.26. The Bertz CT molecular complexity index is 270. The van der Waals surface area contributed by atoms with Gasteiger partial charge in [-0.25, -0.2) is 0 Å². The van der Waals surface area contributed by atoms with Crippen molar-refractivity contribution in [2.45, 2.75) is 20.1 Å². The molecule has 2 nitrogen and oxygen atoms in total. The van der Waals surface area contributed by atoms with Crippen molar-refractivity contribution in [1.29, 1.82) is 0 Å². The summed E-state index contributed by atoms with van der Waals surface area (Å²) < 4.78 is 10.9. The Hall–Kier alpha value is -0.570. The first-order chi connectivity index (χ1) is 6.79. The van der Waals surface area contributed by atoms with E-state index in [2.05, 4.69) is 0 Å². The standard InChI is InChI=1S/C11H15ClO2/c1-3-13-11(14-4-2)9-7-5-6-8-10(9)12/h5-8,11H,3-4H2,1-2H3. The van der Waals surface area contributed by atoms with Crippen molar-refractivity contribution in [3.05, 3.63) is 34.9 Å². The minimum absolute atomic E-state index is 0.348. The molecule has 0 unspecified atom stereocenters. The van der Waals surface area contributed by atoms with Crippen LogP contribution in [-0.2, 0) is 9.47 Å². The fourth-order valence-electron chi connectivity index (χ4n) is 1.20. The van der Waals surface area contributed by atoms with Gasteiger partial charge in [0, 0.05) is 23.8 Å². The van der Waals surface area contributed by atoms with Crippen molar-refractivity contribution in [3.8, 4) is 0 Å². The van der Waals surface area contributed by atoms with Crippen LogP contribution in [0.1, 0.15) is 25.7 Å². The van der Waals surface area contributed by atoms with Crippen LogP contribution in [0.3, 0.4) is 0 Å². The molecule has 0 radical (unpaired) electrons. The van der Waals surface area contributed by atoms with Crippen LogP contribution in [0.5, 0.6) is 0 Å². The highest BCUT2D eigenvalue weighted by atomic mass is 35.5. The summed E-state index contributed by atoms with van der Waals surface area (Å²) in [6, 6.07) is 7.56.